The summed E-state index contributed by atoms with van der Waals surface area (Å²) in [7, 11) is 1.54. The van der Waals surface area contributed by atoms with Crippen molar-refractivity contribution in [3.63, 3.8) is 0 Å². The summed E-state index contributed by atoms with van der Waals surface area (Å²) in [6.45, 7) is 2.41. The number of aliphatic hydroxyl groups excluding tert-OH is 1. The van der Waals surface area contributed by atoms with Crippen molar-refractivity contribution in [2.75, 3.05) is 20.3 Å². The van der Waals surface area contributed by atoms with Crippen molar-refractivity contribution in [2.24, 2.45) is 0 Å². The van der Waals surface area contributed by atoms with Gasteiger partial charge in [-0.15, -0.1) is 0 Å². The number of carbonyl (C=O) groups excluding carboxylic acids is 1. The molecule has 110 valence electrons. The lowest BCUT2D eigenvalue weighted by atomic mass is 9.77. The lowest BCUT2D eigenvalue weighted by Crippen LogP contribution is -2.56. The van der Waals surface area contributed by atoms with E-state index in [1.807, 2.05) is 6.92 Å². The first-order valence-corrected chi connectivity index (χ1v) is 6.88. The van der Waals surface area contributed by atoms with Gasteiger partial charge < -0.3 is 19.9 Å². The Morgan fingerprint density at radius 2 is 2.15 bits per heavy atom. The van der Waals surface area contributed by atoms with Crippen molar-refractivity contribution >= 4 is 5.91 Å². The minimum absolute atomic E-state index is 0.0209. The molecule has 0 atom stereocenters. The third-order valence-electron chi connectivity index (χ3n) is 3.72. The molecule has 1 aromatic carbocycles. The quantitative estimate of drug-likeness (QED) is 0.832. The van der Waals surface area contributed by atoms with Crippen molar-refractivity contribution in [3.8, 4) is 11.5 Å². The molecule has 0 radical (unpaired) electrons. The summed E-state index contributed by atoms with van der Waals surface area (Å²) in [6.07, 6.45) is 2.68. The lowest BCUT2D eigenvalue weighted by molar-refractivity contribution is 0.0641. The van der Waals surface area contributed by atoms with Crippen LogP contribution in [0.4, 0.5) is 0 Å². The number of carbonyl (C=O) groups is 1. The van der Waals surface area contributed by atoms with Gasteiger partial charge in [0.05, 0.1) is 25.9 Å². The van der Waals surface area contributed by atoms with E-state index >= 15 is 0 Å². The Balaban J connectivity index is 2.13. The minimum Gasteiger partial charge on any atom is -0.493 e. The minimum atomic E-state index is -0.442. The van der Waals surface area contributed by atoms with Crippen LogP contribution in [0.3, 0.4) is 0 Å². The molecule has 5 nitrogen and oxygen atoms in total. The zero-order valence-electron chi connectivity index (χ0n) is 11.9. The highest BCUT2D eigenvalue weighted by molar-refractivity contribution is 5.95. The van der Waals surface area contributed by atoms with E-state index in [1.165, 1.54) is 0 Å². The number of hydrogen-bond donors (Lipinski definition) is 2. The van der Waals surface area contributed by atoms with Crippen molar-refractivity contribution < 1.29 is 19.4 Å². The fraction of sp³-hybridized carbons (Fsp3) is 0.533. The van der Waals surface area contributed by atoms with E-state index in [-0.39, 0.29) is 12.5 Å². The van der Waals surface area contributed by atoms with Gasteiger partial charge in [-0.1, -0.05) is 0 Å². The molecule has 0 saturated heterocycles. The molecule has 0 heterocycles. The maximum absolute atomic E-state index is 12.2. The second-order valence-corrected chi connectivity index (χ2v) is 5.04. The summed E-state index contributed by atoms with van der Waals surface area (Å²) >= 11 is 0. The molecule has 1 aromatic rings. The largest absolute Gasteiger partial charge is 0.493 e. The van der Waals surface area contributed by atoms with E-state index in [1.54, 1.807) is 25.3 Å². The monoisotopic (exact) mass is 279 g/mol. The van der Waals surface area contributed by atoms with Gasteiger partial charge in [-0.3, -0.25) is 4.79 Å². The zero-order valence-corrected chi connectivity index (χ0v) is 11.9. The highest BCUT2D eigenvalue weighted by atomic mass is 16.5. The predicted octanol–water partition coefficient (Wildman–Crippen LogP) is 1.74. The molecule has 1 fully saturated rings. The predicted molar refractivity (Wildman–Crippen MR) is 75.3 cm³/mol. The van der Waals surface area contributed by atoms with Gasteiger partial charge >= 0.3 is 0 Å². The summed E-state index contributed by atoms with van der Waals surface area (Å²) in [6, 6.07) is 5.08. The van der Waals surface area contributed by atoms with Crippen LogP contribution in [-0.2, 0) is 0 Å². The molecule has 5 heteroatoms. The van der Waals surface area contributed by atoms with Crippen molar-refractivity contribution in [2.45, 2.75) is 31.7 Å². The molecule has 1 saturated carbocycles. The second-order valence-electron chi connectivity index (χ2n) is 5.04. The number of ether oxygens (including phenoxy) is 2. The third kappa shape index (κ3) is 2.88. The molecule has 0 spiro atoms. The third-order valence-corrected chi connectivity index (χ3v) is 3.72. The molecule has 2 rings (SSSR count). The Morgan fingerprint density at radius 1 is 1.40 bits per heavy atom. The SMILES string of the molecule is CCOc1ccc(C(=O)NC2(CO)CCC2)cc1OC. The first kappa shape index (κ1) is 14.7. The van der Waals surface area contributed by atoms with Crippen LogP contribution in [0, 0.1) is 0 Å². The average Bonchev–Trinajstić information content (AvgIpc) is 2.43. The second kappa shape index (κ2) is 6.13. The molecule has 0 bridgehead atoms. The number of rotatable bonds is 6. The average molecular weight is 279 g/mol. The van der Waals surface area contributed by atoms with E-state index in [9.17, 15) is 9.90 Å². The molecular formula is C15H21NO4. The number of benzene rings is 1. The Hall–Kier alpha value is -1.75. The Labute approximate surface area is 118 Å². The van der Waals surface area contributed by atoms with E-state index in [0.29, 0.717) is 23.7 Å². The number of methoxy groups -OCH3 is 1. The van der Waals surface area contributed by atoms with Crippen molar-refractivity contribution in [3.05, 3.63) is 23.8 Å². The summed E-state index contributed by atoms with van der Waals surface area (Å²) in [5.41, 5.74) is 0.0631. The van der Waals surface area contributed by atoms with Crippen LogP contribution in [0.2, 0.25) is 0 Å². The molecule has 1 aliphatic rings. The van der Waals surface area contributed by atoms with E-state index in [2.05, 4.69) is 5.32 Å². The van der Waals surface area contributed by atoms with Gasteiger partial charge in [-0.05, 0) is 44.4 Å². The normalized spacial score (nSPS) is 16.1. The Morgan fingerprint density at radius 3 is 2.65 bits per heavy atom. The zero-order chi connectivity index (χ0) is 14.6. The van der Waals surface area contributed by atoms with E-state index in [0.717, 1.165) is 19.3 Å². The molecule has 1 amide bonds. The van der Waals surface area contributed by atoms with Crippen LogP contribution in [0.25, 0.3) is 0 Å². The highest BCUT2D eigenvalue weighted by Gasteiger charge is 2.37. The number of nitrogens with one attached hydrogen (secondary N) is 1. The Bertz CT molecular complexity index is 477. The van der Waals surface area contributed by atoms with Crippen LogP contribution >= 0.6 is 0 Å². The highest BCUT2D eigenvalue weighted by Crippen LogP contribution is 2.32. The fourth-order valence-electron chi connectivity index (χ4n) is 2.32. The van der Waals surface area contributed by atoms with Gasteiger partial charge in [-0.2, -0.15) is 0 Å². The van der Waals surface area contributed by atoms with Crippen LogP contribution in [-0.4, -0.2) is 36.9 Å². The lowest BCUT2D eigenvalue weighted by Gasteiger charge is -2.40. The maximum Gasteiger partial charge on any atom is 0.251 e. The Kier molecular flexibility index (Phi) is 4.49. The van der Waals surface area contributed by atoms with Gasteiger partial charge in [0.15, 0.2) is 11.5 Å². The molecule has 0 unspecified atom stereocenters. The van der Waals surface area contributed by atoms with Crippen molar-refractivity contribution in [1.82, 2.24) is 5.32 Å². The molecular weight excluding hydrogens is 258 g/mol. The van der Waals surface area contributed by atoms with Gasteiger partial charge in [0.2, 0.25) is 0 Å². The number of aliphatic hydroxyl groups is 1. The van der Waals surface area contributed by atoms with Crippen LogP contribution in [0.1, 0.15) is 36.5 Å². The first-order valence-electron chi connectivity index (χ1n) is 6.88. The number of amides is 1. The summed E-state index contributed by atoms with van der Waals surface area (Å²) in [5, 5.41) is 12.3. The molecule has 0 aromatic heterocycles. The van der Waals surface area contributed by atoms with E-state index in [4.69, 9.17) is 9.47 Å². The first-order chi connectivity index (χ1) is 9.64. The van der Waals surface area contributed by atoms with Gasteiger partial charge in [0, 0.05) is 5.56 Å². The molecule has 1 aliphatic carbocycles. The summed E-state index contributed by atoms with van der Waals surface area (Å²) in [4.78, 5) is 12.2. The van der Waals surface area contributed by atoms with Crippen LogP contribution < -0.4 is 14.8 Å². The molecule has 0 aliphatic heterocycles. The topological polar surface area (TPSA) is 67.8 Å². The summed E-state index contributed by atoms with van der Waals surface area (Å²) < 4.78 is 10.7. The standard InChI is InChI=1S/C15H21NO4/c1-3-20-12-6-5-11(9-13(12)19-2)14(18)16-15(10-17)7-4-8-15/h5-6,9,17H,3-4,7-8,10H2,1-2H3,(H,16,18). The maximum atomic E-state index is 12.2. The van der Waals surface area contributed by atoms with Crippen molar-refractivity contribution in [1.29, 1.82) is 0 Å². The molecule has 20 heavy (non-hydrogen) atoms. The van der Waals surface area contributed by atoms with Crippen LogP contribution in [0.15, 0.2) is 18.2 Å². The van der Waals surface area contributed by atoms with Gasteiger partial charge in [0.1, 0.15) is 0 Å². The van der Waals surface area contributed by atoms with Gasteiger partial charge in [-0.25, -0.2) is 0 Å². The summed E-state index contributed by atoms with van der Waals surface area (Å²) in [5.74, 6) is 0.957. The van der Waals surface area contributed by atoms with Crippen LogP contribution in [0.5, 0.6) is 11.5 Å². The van der Waals surface area contributed by atoms with E-state index < -0.39 is 5.54 Å². The number of hydrogen-bond acceptors (Lipinski definition) is 4. The smallest absolute Gasteiger partial charge is 0.251 e. The fourth-order valence-corrected chi connectivity index (χ4v) is 2.32. The molecule has 2 N–H and O–H groups in total. The van der Waals surface area contributed by atoms with Gasteiger partial charge in [0.25, 0.3) is 5.91 Å².